The highest BCUT2D eigenvalue weighted by Gasteiger charge is 2.25. The van der Waals surface area contributed by atoms with Crippen molar-refractivity contribution in [3.63, 3.8) is 0 Å². The van der Waals surface area contributed by atoms with Crippen LogP contribution in [0, 0.1) is 11.3 Å². The summed E-state index contributed by atoms with van der Waals surface area (Å²) in [5.74, 6) is 0.669. The number of hydrogen-bond donors (Lipinski definition) is 1. The molecule has 0 spiro atoms. The molecule has 0 aromatic rings. The topological polar surface area (TPSA) is 29.1 Å². The van der Waals surface area contributed by atoms with Gasteiger partial charge in [-0.1, -0.05) is 34.6 Å². The number of carbonyl (C=O) groups excluding carboxylic acids is 1. The molecule has 0 heterocycles. The maximum absolute atomic E-state index is 11.7. The molecule has 0 aromatic heterocycles. The number of halogens is 1. The van der Waals surface area contributed by atoms with E-state index in [0.29, 0.717) is 12.5 Å². The maximum Gasteiger partial charge on any atom is 0.225 e. The molecule has 0 saturated carbocycles. The molecule has 0 rings (SSSR count). The molecular formula is C12H24ClNO. The zero-order valence-corrected chi connectivity index (χ0v) is 11.3. The van der Waals surface area contributed by atoms with Gasteiger partial charge in [-0.15, -0.1) is 11.6 Å². The molecule has 1 N–H and O–H groups in total. The van der Waals surface area contributed by atoms with Gasteiger partial charge in [-0.05, 0) is 18.8 Å². The Kier molecular flexibility index (Phi) is 6.26. The van der Waals surface area contributed by atoms with Gasteiger partial charge in [0.2, 0.25) is 5.91 Å². The largest absolute Gasteiger partial charge is 0.354 e. The van der Waals surface area contributed by atoms with Crippen molar-refractivity contribution in [2.45, 2.75) is 52.8 Å². The number of rotatable bonds is 6. The third kappa shape index (κ3) is 6.03. The van der Waals surface area contributed by atoms with E-state index in [1.807, 2.05) is 20.8 Å². The lowest BCUT2D eigenvalue weighted by atomic mass is 9.89. The predicted octanol–water partition coefficient (Wildman–Crippen LogP) is 3.19. The summed E-state index contributed by atoms with van der Waals surface area (Å²) < 4.78 is 0. The van der Waals surface area contributed by atoms with Crippen molar-refractivity contribution in [3.05, 3.63) is 0 Å². The Morgan fingerprint density at radius 2 is 1.93 bits per heavy atom. The fraction of sp³-hybridized carbons (Fsp3) is 0.917. The van der Waals surface area contributed by atoms with Gasteiger partial charge in [0.25, 0.3) is 0 Å². The van der Waals surface area contributed by atoms with Gasteiger partial charge in [0.15, 0.2) is 0 Å². The molecule has 1 unspecified atom stereocenters. The van der Waals surface area contributed by atoms with Crippen LogP contribution in [0.1, 0.15) is 47.5 Å². The normalized spacial score (nSPS) is 14.1. The number of amides is 1. The van der Waals surface area contributed by atoms with Crippen LogP contribution in [0.4, 0.5) is 0 Å². The van der Waals surface area contributed by atoms with E-state index >= 15 is 0 Å². The van der Waals surface area contributed by atoms with E-state index in [1.165, 1.54) is 0 Å². The summed E-state index contributed by atoms with van der Waals surface area (Å²) in [6, 6.07) is 0. The molecule has 1 amide bonds. The van der Waals surface area contributed by atoms with Crippen LogP contribution in [-0.4, -0.2) is 17.8 Å². The second kappa shape index (κ2) is 6.37. The minimum absolute atomic E-state index is 0.0432. The van der Waals surface area contributed by atoms with Crippen molar-refractivity contribution in [1.82, 2.24) is 5.32 Å². The first kappa shape index (κ1) is 14.8. The van der Waals surface area contributed by atoms with Gasteiger partial charge in [-0.2, -0.15) is 0 Å². The Bertz CT molecular complexity index is 202. The van der Waals surface area contributed by atoms with Crippen LogP contribution in [0.15, 0.2) is 0 Å². The van der Waals surface area contributed by atoms with E-state index in [2.05, 4.69) is 19.2 Å². The highest BCUT2D eigenvalue weighted by atomic mass is 35.5. The lowest BCUT2D eigenvalue weighted by Gasteiger charge is -2.22. The highest BCUT2D eigenvalue weighted by molar-refractivity contribution is 6.20. The molecule has 0 bridgehead atoms. The molecule has 0 radical (unpaired) electrons. The first-order chi connectivity index (χ1) is 6.79. The second-order valence-corrected chi connectivity index (χ2v) is 5.79. The van der Waals surface area contributed by atoms with Crippen LogP contribution in [-0.2, 0) is 4.79 Å². The number of hydrogen-bond acceptors (Lipinski definition) is 1. The summed E-state index contributed by atoms with van der Waals surface area (Å²) in [6.45, 7) is 10.8. The van der Waals surface area contributed by atoms with Crippen molar-refractivity contribution in [2.24, 2.45) is 11.3 Å². The molecule has 0 aliphatic rings. The third-order valence-electron chi connectivity index (χ3n) is 2.71. The maximum atomic E-state index is 11.7. The summed E-state index contributed by atoms with van der Waals surface area (Å²) >= 11 is 6.10. The Morgan fingerprint density at radius 1 is 1.40 bits per heavy atom. The van der Waals surface area contributed by atoms with Crippen molar-refractivity contribution < 1.29 is 4.79 Å². The van der Waals surface area contributed by atoms with Crippen LogP contribution < -0.4 is 5.32 Å². The zero-order valence-electron chi connectivity index (χ0n) is 10.6. The first-order valence-electron chi connectivity index (χ1n) is 5.72. The first-order valence-corrected chi connectivity index (χ1v) is 6.15. The van der Waals surface area contributed by atoms with E-state index in [9.17, 15) is 4.79 Å². The average Bonchev–Trinajstić information content (AvgIpc) is 2.13. The molecule has 2 nitrogen and oxygen atoms in total. The molecule has 90 valence electrons. The standard InChI is InChI=1S/C12H24ClNO/c1-6-12(4,5)11(15)14-8-10(13)7-9(2)3/h9-10H,6-8H2,1-5H3,(H,14,15). The Labute approximate surface area is 98.8 Å². The monoisotopic (exact) mass is 233 g/mol. The lowest BCUT2D eigenvalue weighted by molar-refractivity contribution is -0.129. The van der Waals surface area contributed by atoms with Crippen LogP contribution in [0.2, 0.25) is 0 Å². The molecule has 3 heteroatoms. The van der Waals surface area contributed by atoms with Gasteiger partial charge in [-0.3, -0.25) is 4.79 Å². The lowest BCUT2D eigenvalue weighted by Crippen LogP contribution is -2.39. The minimum Gasteiger partial charge on any atom is -0.354 e. The molecule has 0 fully saturated rings. The molecule has 1 atom stereocenters. The fourth-order valence-corrected chi connectivity index (χ4v) is 1.63. The van der Waals surface area contributed by atoms with E-state index < -0.39 is 0 Å². The average molecular weight is 234 g/mol. The van der Waals surface area contributed by atoms with Crippen LogP contribution in [0.5, 0.6) is 0 Å². The van der Waals surface area contributed by atoms with Crippen LogP contribution in [0.3, 0.4) is 0 Å². The third-order valence-corrected chi connectivity index (χ3v) is 3.04. The molecular weight excluding hydrogens is 210 g/mol. The second-order valence-electron chi connectivity index (χ2n) is 5.17. The van der Waals surface area contributed by atoms with E-state index in [-0.39, 0.29) is 16.7 Å². The summed E-state index contributed by atoms with van der Waals surface area (Å²) in [5.41, 5.74) is -0.283. The molecule has 0 aliphatic carbocycles. The van der Waals surface area contributed by atoms with Crippen LogP contribution >= 0.6 is 11.6 Å². The van der Waals surface area contributed by atoms with Gasteiger partial charge in [-0.25, -0.2) is 0 Å². The van der Waals surface area contributed by atoms with Crippen molar-refractivity contribution in [3.8, 4) is 0 Å². The van der Waals surface area contributed by atoms with Crippen molar-refractivity contribution >= 4 is 17.5 Å². The molecule has 0 aliphatic heterocycles. The van der Waals surface area contributed by atoms with E-state index in [1.54, 1.807) is 0 Å². The fourth-order valence-electron chi connectivity index (χ4n) is 1.20. The number of carbonyl (C=O) groups is 1. The molecule has 0 saturated heterocycles. The quantitative estimate of drug-likeness (QED) is 0.702. The van der Waals surface area contributed by atoms with Gasteiger partial charge in [0, 0.05) is 12.0 Å². The minimum atomic E-state index is -0.283. The zero-order chi connectivity index (χ0) is 12.1. The Hall–Kier alpha value is -0.240. The SMILES string of the molecule is CCC(C)(C)C(=O)NCC(Cl)CC(C)C. The summed E-state index contributed by atoms with van der Waals surface area (Å²) in [5, 5.41) is 2.95. The van der Waals surface area contributed by atoms with E-state index in [4.69, 9.17) is 11.6 Å². The van der Waals surface area contributed by atoms with Crippen molar-refractivity contribution in [1.29, 1.82) is 0 Å². The summed E-state index contributed by atoms with van der Waals surface area (Å²) in [7, 11) is 0. The predicted molar refractivity (Wildman–Crippen MR) is 66.2 cm³/mol. The van der Waals surface area contributed by atoms with E-state index in [0.717, 1.165) is 12.8 Å². The Morgan fingerprint density at radius 3 is 2.33 bits per heavy atom. The molecule has 15 heavy (non-hydrogen) atoms. The smallest absolute Gasteiger partial charge is 0.225 e. The summed E-state index contributed by atoms with van der Waals surface area (Å²) in [4.78, 5) is 11.7. The van der Waals surface area contributed by atoms with Crippen LogP contribution in [0.25, 0.3) is 0 Å². The van der Waals surface area contributed by atoms with Crippen molar-refractivity contribution in [2.75, 3.05) is 6.54 Å². The van der Waals surface area contributed by atoms with Gasteiger partial charge in [0.05, 0.1) is 5.38 Å². The number of nitrogens with one attached hydrogen (secondary N) is 1. The molecule has 0 aromatic carbocycles. The summed E-state index contributed by atoms with van der Waals surface area (Å²) in [6.07, 6.45) is 1.78. The van der Waals surface area contributed by atoms with Gasteiger partial charge in [0.1, 0.15) is 0 Å². The van der Waals surface area contributed by atoms with Gasteiger partial charge >= 0.3 is 0 Å². The Balaban J connectivity index is 3.90. The highest BCUT2D eigenvalue weighted by Crippen LogP contribution is 2.19. The number of alkyl halides is 1. The van der Waals surface area contributed by atoms with Gasteiger partial charge < -0.3 is 5.32 Å².